The Balaban J connectivity index is 2.35. The van der Waals surface area contributed by atoms with E-state index in [1.54, 1.807) is 12.1 Å². The van der Waals surface area contributed by atoms with E-state index in [0.717, 1.165) is 6.42 Å². The van der Waals surface area contributed by atoms with Crippen molar-refractivity contribution in [2.45, 2.75) is 20.0 Å². The molecule has 0 atom stereocenters. The van der Waals surface area contributed by atoms with Gasteiger partial charge in [-0.2, -0.15) is 0 Å². The van der Waals surface area contributed by atoms with E-state index in [4.69, 9.17) is 14.6 Å². The smallest absolute Gasteiger partial charge is 0.262 e. The molecule has 0 fully saturated rings. The Kier molecular flexibility index (Phi) is 3.49. The van der Waals surface area contributed by atoms with E-state index in [1.165, 1.54) is 0 Å². The van der Waals surface area contributed by atoms with Crippen LogP contribution in [0.15, 0.2) is 12.1 Å². The van der Waals surface area contributed by atoms with Crippen molar-refractivity contribution in [1.82, 2.24) is 0 Å². The first kappa shape index (κ1) is 11.7. The van der Waals surface area contributed by atoms with Crippen LogP contribution in [-0.2, 0) is 11.4 Å². The molecule has 17 heavy (non-hydrogen) atoms. The number of benzene rings is 1. The number of carbonyl (C=O) groups excluding carboxylic acids is 1. The molecule has 0 spiro atoms. The van der Waals surface area contributed by atoms with Gasteiger partial charge in [-0.15, -0.1) is 0 Å². The number of nitrogens with one attached hydrogen (secondary N) is 1. The summed E-state index contributed by atoms with van der Waals surface area (Å²) in [5.41, 5.74) is 1.24. The normalized spacial score (nSPS) is 13.6. The van der Waals surface area contributed by atoms with Crippen LogP contribution in [0.3, 0.4) is 0 Å². The minimum absolute atomic E-state index is 0.00600. The number of aliphatic hydroxyl groups is 1. The summed E-state index contributed by atoms with van der Waals surface area (Å²) in [7, 11) is 0. The molecule has 92 valence electrons. The largest absolute Gasteiger partial charge is 0.490 e. The Morgan fingerprint density at radius 1 is 1.53 bits per heavy atom. The fourth-order valence-electron chi connectivity index (χ4n) is 1.64. The quantitative estimate of drug-likeness (QED) is 0.828. The van der Waals surface area contributed by atoms with Crippen LogP contribution in [0.1, 0.15) is 18.9 Å². The summed E-state index contributed by atoms with van der Waals surface area (Å²) in [6, 6.07) is 3.41. The Morgan fingerprint density at radius 2 is 2.35 bits per heavy atom. The van der Waals surface area contributed by atoms with Gasteiger partial charge in [-0.05, 0) is 24.1 Å². The number of carbonyl (C=O) groups is 1. The predicted octanol–water partition coefficient (Wildman–Crippen LogP) is 1.30. The third kappa shape index (κ3) is 2.50. The maximum Gasteiger partial charge on any atom is 0.262 e. The van der Waals surface area contributed by atoms with Crippen molar-refractivity contribution >= 4 is 11.6 Å². The standard InChI is InChI=1S/C12H15NO4/c1-2-3-16-10-5-8(6-14)4-9-12(10)17-7-11(15)13-9/h4-5,14H,2-3,6-7H2,1H3,(H,13,15). The number of rotatable bonds is 4. The van der Waals surface area contributed by atoms with E-state index < -0.39 is 0 Å². The molecule has 0 unspecified atom stereocenters. The zero-order chi connectivity index (χ0) is 12.3. The molecule has 0 aromatic heterocycles. The molecule has 1 aromatic carbocycles. The molecule has 0 saturated carbocycles. The van der Waals surface area contributed by atoms with Crippen LogP contribution >= 0.6 is 0 Å². The Labute approximate surface area is 99.3 Å². The van der Waals surface area contributed by atoms with Gasteiger partial charge in [-0.25, -0.2) is 0 Å². The summed E-state index contributed by atoms with van der Waals surface area (Å²) < 4.78 is 10.9. The first-order valence-electron chi connectivity index (χ1n) is 5.57. The molecule has 2 rings (SSSR count). The maximum absolute atomic E-state index is 11.2. The van der Waals surface area contributed by atoms with Crippen LogP contribution in [0.4, 0.5) is 5.69 Å². The number of amides is 1. The van der Waals surface area contributed by atoms with Gasteiger partial charge in [0.1, 0.15) is 0 Å². The van der Waals surface area contributed by atoms with Crippen molar-refractivity contribution in [1.29, 1.82) is 0 Å². The third-order valence-corrected chi connectivity index (χ3v) is 2.38. The van der Waals surface area contributed by atoms with E-state index in [1.807, 2.05) is 6.92 Å². The topological polar surface area (TPSA) is 67.8 Å². The Bertz CT molecular complexity index is 431. The molecule has 2 N–H and O–H groups in total. The summed E-state index contributed by atoms with van der Waals surface area (Å²) in [5, 5.41) is 11.8. The number of ether oxygens (including phenoxy) is 2. The predicted molar refractivity (Wildman–Crippen MR) is 62.3 cm³/mol. The van der Waals surface area contributed by atoms with Crippen LogP contribution in [0.25, 0.3) is 0 Å². The van der Waals surface area contributed by atoms with E-state index in [0.29, 0.717) is 29.4 Å². The average Bonchev–Trinajstić information content (AvgIpc) is 2.34. The lowest BCUT2D eigenvalue weighted by Crippen LogP contribution is -2.26. The summed E-state index contributed by atoms with van der Waals surface area (Å²) in [5.74, 6) is 0.901. The van der Waals surface area contributed by atoms with Crippen molar-refractivity contribution < 1.29 is 19.4 Å². The molecule has 0 radical (unpaired) electrons. The second-order valence-corrected chi connectivity index (χ2v) is 3.81. The summed E-state index contributed by atoms with van der Waals surface area (Å²) in [6.45, 7) is 2.46. The number of aliphatic hydroxyl groups excluding tert-OH is 1. The summed E-state index contributed by atoms with van der Waals surface area (Å²) in [6.07, 6.45) is 0.879. The van der Waals surface area contributed by atoms with Gasteiger partial charge in [0.05, 0.1) is 18.9 Å². The highest BCUT2D eigenvalue weighted by atomic mass is 16.5. The van der Waals surface area contributed by atoms with Crippen LogP contribution in [0.2, 0.25) is 0 Å². The molecule has 0 aliphatic carbocycles. The maximum atomic E-state index is 11.2. The molecule has 1 heterocycles. The highest BCUT2D eigenvalue weighted by Gasteiger charge is 2.21. The van der Waals surface area contributed by atoms with Gasteiger partial charge >= 0.3 is 0 Å². The SMILES string of the molecule is CCCOc1cc(CO)cc2c1OCC(=O)N2. The van der Waals surface area contributed by atoms with Gasteiger partial charge in [0.25, 0.3) is 5.91 Å². The highest BCUT2D eigenvalue weighted by molar-refractivity contribution is 5.96. The molecule has 1 aromatic rings. The van der Waals surface area contributed by atoms with Gasteiger partial charge in [0.15, 0.2) is 18.1 Å². The zero-order valence-corrected chi connectivity index (χ0v) is 9.66. The van der Waals surface area contributed by atoms with Crippen LogP contribution in [0, 0.1) is 0 Å². The van der Waals surface area contributed by atoms with Crippen molar-refractivity contribution in [3.63, 3.8) is 0 Å². The lowest BCUT2D eigenvalue weighted by atomic mass is 10.1. The van der Waals surface area contributed by atoms with Crippen LogP contribution in [-0.4, -0.2) is 24.2 Å². The van der Waals surface area contributed by atoms with Crippen molar-refractivity contribution in [3.8, 4) is 11.5 Å². The Hall–Kier alpha value is -1.75. The fraction of sp³-hybridized carbons (Fsp3) is 0.417. The van der Waals surface area contributed by atoms with Gasteiger partial charge in [-0.1, -0.05) is 6.92 Å². The second-order valence-electron chi connectivity index (χ2n) is 3.81. The van der Waals surface area contributed by atoms with Gasteiger partial charge in [0, 0.05) is 0 Å². The van der Waals surface area contributed by atoms with Crippen LogP contribution < -0.4 is 14.8 Å². The van der Waals surface area contributed by atoms with Crippen LogP contribution in [0.5, 0.6) is 11.5 Å². The van der Waals surface area contributed by atoms with Gasteiger partial charge in [0.2, 0.25) is 0 Å². The minimum Gasteiger partial charge on any atom is -0.490 e. The summed E-state index contributed by atoms with van der Waals surface area (Å²) in [4.78, 5) is 11.2. The highest BCUT2D eigenvalue weighted by Crippen LogP contribution is 2.38. The van der Waals surface area contributed by atoms with Crippen molar-refractivity contribution in [2.75, 3.05) is 18.5 Å². The summed E-state index contributed by atoms with van der Waals surface area (Å²) >= 11 is 0. The van der Waals surface area contributed by atoms with E-state index in [2.05, 4.69) is 5.32 Å². The lowest BCUT2D eigenvalue weighted by molar-refractivity contribution is -0.118. The first-order valence-corrected chi connectivity index (χ1v) is 5.57. The van der Waals surface area contributed by atoms with Crippen molar-refractivity contribution in [2.24, 2.45) is 0 Å². The molecular formula is C12H15NO4. The third-order valence-electron chi connectivity index (χ3n) is 2.38. The van der Waals surface area contributed by atoms with E-state index in [-0.39, 0.29) is 19.1 Å². The van der Waals surface area contributed by atoms with Gasteiger partial charge < -0.3 is 19.9 Å². The zero-order valence-electron chi connectivity index (χ0n) is 9.66. The number of hydrogen-bond acceptors (Lipinski definition) is 4. The average molecular weight is 237 g/mol. The molecule has 1 aliphatic heterocycles. The number of fused-ring (bicyclic) bond motifs is 1. The Morgan fingerprint density at radius 3 is 3.06 bits per heavy atom. The first-order chi connectivity index (χ1) is 8.24. The molecule has 0 saturated heterocycles. The fourth-order valence-corrected chi connectivity index (χ4v) is 1.64. The lowest BCUT2D eigenvalue weighted by Gasteiger charge is -2.21. The molecule has 5 heteroatoms. The molecule has 1 amide bonds. The molecule has 0 bridgehead atoms. The molecule has 1 aliphatic rings. The minimum atomic E-state index is -0.200. The monoisotopic (exact) mass is 237 g/mol. The molecule has 5 nitrogen and oxygen atoms in total. The van der Waals surface area contributed by atoms with Crippen molar-refractivity contribution in [3.05, 3.63) is 17.7 Å². The number of anilines is 1. The van der Waals surface area contributed by atoms with Gasteiger partial charge in [-0.3, -0.25) is 4.79 Å². The van der Waals surface area contributed by atoms with E-state index >= 15 is 0 Å². The molecular weight excluding hydrogens is 222 g/mol. The number of hydrogen-bond donors (Lipinski definition) is 2. The second kappa shape index (κ2) is 5.05. The van der Waals surface area contributed by atoms with E-state index in [9.17, 15) is 4.79 Å².